The number of esters is 2. The molecule has 0 unspecified atom stereocenters. The monoisotopic (exact) mass is 392 g/mol. The standard InChI is InChI=1S/C24H21FO4/c1-13-12-20(28-21(26)11-6-16-4-7-17(25)8-5-16)15(3)22-18(13)9-10-19-14(2)24(27)29-23(19)22/h4-8,11-12,19,23H,2,9-10H2,1,3H3/b11-6+/t19-,23+/m0/s1. The number of rotatable bonds is 3. The number of hydrogen-bond acceptors (Lipinski definition) is 4. The fourth-order valence-corrected chi connectivity index (χ4v) is 4.16. The second kappa shape index (κ2) is 7.32. The molecule has 4 rings (SSSR count). The lowest BCUT2D eigenvalue weighted by atomic mass is 9.76. The maximum atomic E-state index is 13.0. The SMILES string of the molecule is C=C1C(=O)O[C@H]2c3c(C)c(OC(=O)/C=C/c4ccc(F)cc4)cc(C)c3CC[C@@H]12. The Balaban J connectivity index is 1.61. The van der Waals surface area contributed by atoms with E-state index in [0.717, 1.165) is 35.1 Å². The normalized spacial score (nSPS) is 20.4. The highest BCUT2D eigenvalue weighted by atomic mass is 19.1. The molecule has 2 aromatic rings. The molecule has 1 aliphatic heterocycles. The first-order valence-electron chi connectivity index (χ1n) is 9.53. The number of hydrogen-bond donors (Lipinski definition) is 0. The lowest BCUT2D eigenvalue weighted by Gasteiger charge is -2.30. The molecule has 0 radical (unpaired) electrons. The summed E-state index contributed by atoms with van der Waals surface area (Å²) in [5, 5.41) is 0. The molecule has 5 heteroatoms. The van der Waals surface area contributed by atoms with Crippen molar-refractivity contribution >= 4 is 18.0 Å². The van der Waals surface area contributed by atoms with Gasteiger partial charge >= 0.3 is 11.9 Å². The number of carbonyl (C=O) groups excluding carboxylic acids is 2. The zero-order valence-electron chi connectivity index (χ0n) is 16.3. The van der Waals surface area contributed by atoms with E-state index in [-0.39, 0.29) is 23.8 Å². The summed E-state index contributed by atoms with van der Waals surface area (Å²) in [7, 11) is 0. The quantitative estimate of drug-likeness (QED) is 0.429. The molecule has 148 valence electrons. The maximum absolute atomic E-state index is 13.0. The summed E-state index contributed by atoms with van der Waals surface area (Å²) >= 11 is 0. The van der Waals surface area contributed by atoms with E-state index >= 15 is 0 Å². The molecule has 1 heterocycles. The van der Waals surface area contributed by atoms with Gasteiger partial charge in [0, 0.05) is 23.1 Å². The van der Waals surface area contributed by atoms with Gasteiger partial charge in [-0.25, -0.2) is 14.0 Å². The Morgan fingerprint density at radius 2 is 2.00 bits per heavy atom. The van der Waals surface area contributed by atoms with Gasteiger partial charge in [-0.2, -0.15) is 0 Å². The van der Waals surface area contributed by atoms with Crippen molar-refractivity contribution < 1.29 is 23.5 Å². The van der Waals surface area contributed by atoms with Gasteiger partial charge in [0.25, 0.3) is 0 Å². The molecule has 1 aliphatic carbocycles. The van der Waals surface area contributed by atoms with E-state index < -0.39 is 5.97 Å². The van der Waals surface area contributed by atoms with Crippen molar-refractivity contribution in [3.05, 3.63) is 82.2 Å². The molecule has 0 aromatic heterocycles. The van der Waals surface area contributed by atoms with Crippen LogP contribution in [0.15, 0.2) is 48.6 Å². The van der Waals surface area contributed by atoms with Crippen molar-refractivity contribution in [2.24, 2.45) is 5.92 Å². The molecule has 2 aliphatic rings. The van der Waals surface area contributed by atoms with Gasteiger partial charge < -0.3 is 9.47 Å². The third kappa shape index (κ3) is 3.48. The van der Waals surface area contributed by atoms with Crippen LogP contribution in [0.3, 0.4) is 0 Å². The first kappa shape index (κ1) is 19.1. The van der Waals surface area contributed by atoms with Crippen LogP contribution in [0.4, 0.5) is 4.39 Å². The van der Waals surface area contributed by atoms with Crippen LogP contribution in [0.5, 0.6) is 5.75 Å². The Bertz CT molecular complexity index is 1050. The number of fused-ring (bicyclic) bond motifs is 3. The van der Waals surface area contributed by atoms with Crippen molar-refractivity contribution in [2.75, 3.05) is 0 Å². The third-order valence-corrected chi connectivity index (χ3v) is 5.71. The zero-order chi connectivity index (χ0) is 20.7. The Kier molecular flexibility index (Phi) is 4.82. The Labute approximate surface area is 168 Å². The summed E-state index contributed by atoms with van der Waals surface area (Å²) in [5.74, 6) is -0.799. The summed E-state index contributed by atoms with van der Waals surface area (Å²) in [4.78, 5) is 24.3. The smallest absolute Gasteiger partial charge is 0.336 e. The van der Waals surface area contributed by atoms with Gasteiger partial charge in [0.2, 0.25) is 0 Å². The number of halogens is 1. The first-order valence-corrected chi connectivity index (χ1v) is 9.53. The minimum atomic E-state index is -0.531. The Hall–Kier alpha value is -3.21. The zero-order valence-corrected chi connectivity index (χ0v) is 16.3. The minimum absolute atomic E-state index is 0.0302. The highest BCUT2D eigenvalue weighted by Crippen LogP contribution is 2.49. The van der Waals surface area contributed by atoms with Gasteiger partial charge in [0.1, 0.15) is 17.7 Å². The summed E-state index contributed by atoms with van der Waals surface area (Å²) < 4.78 is 24.2. The van der Waals surface area contributed by atoms with Crippen LogP contribution in [-0.4, -0.2) is 11.9 Å². The van der Waals surface area contributed by atoms with Crippen LogP contribution in [0, 0.1) is 25.6 Å². The van der Waals surface area contributed by atoms with Crippen LogP contribution in [0.1, 0.15) is 40.3 Å². The molecule has 0 amide bonds. The molecule has 2 atom stereocenters. The van der Waals surface area contributed by atoms with Crippen LogP contribution in [0.2, 0.25) is 0 Å². The highest BCUT2D eigenvalue weighted by molar-refractivity contribution is 5.91. The van der Waals surface area contributed by atoms with E-state index in [4.69, 9.17) is 9.47 Å². The lowest BCUT2D eigenvalue weighted by Crippen LogP contribution is -2.21. The van der Waals surface area contributed by atoms with Crippen LogP contribution in [-0.2, 0) is 20.7 Å². The maximum Gasteiger partial charge on any atom is 0.336 e. The molecule has 0 spiro atoms. The van der Waals surface area contributed by atoms with E-state index in [2.05, 4.69) is 6.58 Å². The average molecular weight is 392 g/mol. The second-order valence-corrected chi connectivity index (χ2v) is 7.51. The molecule has 1 fully saturated rings. The van der Waals surface area contributed by atoms with Crippen LogP contribution in [0.25, 0.3) is 6.08 Å². The molecule has 29 heavy (non-hydrogen) atoms. The number of ether oxygens (including phenoxy) is 2. The Morgan fingerprint density at radius 1 is 1.28 bits per heavy atom. The van der Waals surface area contributed by atoms with Crippen molar-refractivity contribution in [2.45, 2.75) is 32.8 Å². The third-order valence-electron chi connectivity index (χ3n) is 5.71. The van der Waals surface area contributed by atoms with Crippen molar-refractivity contribution in [3.8, 4) is 5.75 Å². The van der Waals surface area contributed by atoms with Gasteiger partial charge in [0.05, 0.1) is 0 Å². The molecular weight excluding hydrogens is 371 g/mol. The topological polar surface area (TPSA) is 52.6 Å². The molecule has 4 nitrogen and oxygen atoms in total. The molecule has 0 bridgehead atoms. The molecule has 2 aromatic carbocycles. The van der Waals surface area contributed by atoms with Gasteiger partial charge in [-0.05, 0) is 73.2 Å². The summed E-state index contributed by atoms with van der Waals surface area (Å²) in [6.45, 7) is 7.73. The summed E-state index contributed by atoms with van der Waals surface area (Å²) in [6.07, 6.45) is 4.16. The van der Waals surface area contributed by atoms with Crippen LogP contribution >= 0.6 is 0 Å². The molecule has 0 saturated carbocycles. The largest absolute Gasteiger partial charge is 0.453 e. The summed E-state index contributed by atoms with van der Waals surface area (Å²) in [6, 6.07) is 7.66. The highest BCUT2D eigenvalue weighted by Gasteiger charge is 2.44. The number of benzene rings is 2. The second-order valence-electron chi connectivity index (χ2n) is 7.51. The van der Waals surface area contributed by atoms with E-state index in [1.807, 2.05) is 19.9 Å². The van der Waals surface area contributed by atoms with Gasteiger partial charge in [-0.1, -0.05) is 18.7 Å². The predicted octanol–water partition coefficient (Wildman–Crippen LogP) is 4.78. The Morgan fingerprint density at radius 3 is 2.72 bits per heavy atom. The summed E-state index contributed by atoms with van der Waals surface area (Å²) in [5.41, 5.74) is 5.09. The number of carbonyl (C=O) groups is 2. The predicted molar refractivity (Wildman–Crippen MR) is 107 cm³/mol. The van der Waals surface area contributed by atoms with Gasteiger partial charge in [0.15, 0.2) is 0 Å². The van der Waals surface area contributed by atoms with Crippen LogP contribution < -0.4 is 4.74 Å². The van der Waals surface area contributed by atoms with Crippen molar-refractivity contribution in [3.63, 3.8) is 0 Å². The molecular formula is C24H21FO4. The molecule has 1 saturated heterocycles. The average Bonchev–Trinajstić information content (AvgIpc) is 2.99. The molecule has 0 N–H and O–H groups in total. The van der Waals surface area contributed by atoms with E-state index in [1.54, 1.807) is 18.2 Å². The van der Waals surface area contributed by atoms with Crippen molar-refractivity contribution in [1.82, 2.24) is 0 Å². The fourth-order valence-electron chi connectivity index (χ4n) is 4.16. The lowest BCUT2D eigenvalue weighted by molar-refractivity contribution is -0.139. The number of aryl methyl sites for hydroxylation is 1. The van der Waals surface area contributed by atoms with E-state index in [1.165, 1.54) is 18.2 Å². The van der Waals surface area contributed by atoms with Crippen molar-refractivity contribution in [1.29, 1.82) is 0 Å². The van der Waals surface area contributed by atoms with E-state index in [9.17, 15) is 14.0 Å². The fraction of sp³-hybridized carbons (Fsp3) is 0.250. The minimum Gasteiger partial charge on any atom is -0.453 e. The van der Waals surface area contributed by atoms with Gasteiger partial charge in [-0.3, -0.25) is 0 Å². The van der Waals surface area contributed by atoms with E-state index in [0.29, 0.717) is 16.9 Å². The van der Waals surface area contributed by atoms with Gasteiger partial charge in [-0.15, -0.1) is 0 Å². The first-order chi connectivity index (χ1) is 13.8.